The highest BCUT2D eigenvalue weighted by atomic mass is 19.1. The molecule has 1 rings (SSSR count). The van der Waals surface area contributed by atoms with Crippen molar-refractivity contribution in [3.8, 4) is 5.75 Å². The second-order valence-corrected chi connectivity index (χ2v) is 2.40. The van der Waals surface area contributed by atoms with Crippen LogP contribution in [0.1, 0.15) is 22.0 Å². The number of carboxylic acid groups (broad SMARTS) is 1. The number of carbonyl (C=O) groups is 1. The van der Waals surface area contributed by atoms with Gasteiger partial charge in [0, 0.05) is 24.5 Å². The summed E-state index contributed by atoms with van der Waals surface area (Å²) in [6.07, 6.45) is -3.37. The molecule has 0 radical (unpaired) electrons. The summed E-state index contributed by atoms with van der Waals surface area (Å²) in [6.45, 7) is -6.83. The SMILES string of the molecule is [2H]C([2H])(Oc1cc(F)cc(F)c1C([2H])([2H])C([2H])([2H])[2H])C(=O)O. The first-order valence-electron chi connectivity index (χ1n) is 7.12. The minimum atomic E-state index is -3.44. The van der Waals surface area contributed by atoms with Crippen LogP contribution in [0.4, 0.5) is 8.78 Å². The highest BCUT2D eigenvalue weighted by Gasteiger charge is 2.11. The molecule has 1 aromatic carbocycles. The lowest BCUT2D eigenvalue weighted by Crippen LogP contribution is -2.11. The summed E-state index contributed by atoms with van der Waals surface area (Å²) in [5, 5.41) is 8.60. The molecule has 3 nitrogen and oxygen atoms in total. The highest BCUT2D eigenvalue weighted by Crippen LogP contribution is 2.23. The zero-order valence-corrected chi connectivity index (χ0v) is 7.17. The minimum Gasteiger partial charge on any atom is -0.481 e. The largest absolute Gasteiger partial charge is 0.481 e. The molecule has 0 aliphatic rings. The fraction of sp³-hybridized carbons (Fsp3) is 0.300. The Hall–Kier alpha value is -1.65. The van der Waals surface area contributed by atoms with E-state index in [9.17, 15) is 13.6 Å². The van der Waals surface area contributed by atoms with E-state index in [0.29, 0.717) is 6.07 Å². The van der Waals surface area contributed by atoms with E-state index in [1.54, 1.807) is 0 Å². The maximum atomic E-state index is 13.8. The van der Waals surface area contributed by atoms with Gasteiger partial charge in [-0.25, -0.2) is 13.6 Å². The molecule has 82 valence electrons. The summed E-state index contributed by atoms with van der Waals surface area (Å²) < 4.78 is 81.6. The molecule has 5 heteroatoms. The van der Waals surface area contributed by atoms with Crippen molar-refractivity contribution in [3.05, 3.63) is 29.3 Å². The van der Waals surface area contributed by atoms with Gasteiger partial charge in [-0.1, -0.05) is 6.85 Å². The van der Waals surface area contributed by atoms with Crippen molar-refractivity contribution in [1.29, 1.82) is 0 Å². The second-order valence-electron chi connectivity index (χ2n) is 2.40. The molecule has 0 saturated heterocycles. The van der Waals surface area contributed by atoms with Crippen molar-refractivity contribution in [3.63, 3.8) is 0 Å². The third kappa shape index (κ3) is 2.90. The number of halogens is 2. The predicted octanol–water partition coefficient (Wildman–Crippen LogP) is 1.99. The number of hydrogen-bond donors (Lipinski definition) is 1. The smallest absolute Gasteiger partial charge is 0.341 e. The van der Waals surface area contributed by atoms with Gasteiger partial charge in [0.2, 0.25) is 0 Å². The Labute approximate surface area is 95.1 Å². The molecule has 0 aromatic heterocycles. The fourth-order valence-electron chi connectivity index (χ4n) is 0.850. The van der Waals surface area contributed by atoms with Crippen LogP contribution in [0.5, 0.6) is 5.75 Å². The molecule has 0 unspecified atom stereocenters. The van der Waals surface area contributed by atoms with Gasteiger partial charge in [-0.05, 0) is 6.37 Å². The van der Waals surface area contributed by atoms with Crippen molar-refractivity contribution in [1.82, 2.24) is 0 Å². The Morgan fingerprint density at radius 1 is 1.67 bits per heavy atom. The van der Waals surface area contributed by atoms with Gasteiger partial charge in [0.05, 0.1) is 2.74 Å². The van der Waals surface area contributed by atoms with Gasteiger partial charge in [0.15, 0.2) is 6.56 Å². The maximum absolute atomic E-state index is 13.8. The number of rotatable bonds is 4. The van der Waals surface area contributed by atoms with E-state index in [-0.39, 0.29) is 6.07 Å². The maximum Gasteiger partial charge on any atom is 0.341 e. The lowest BCUT2D eigenvalue weighted by atomic mass is 10.1. The second kappa shape index (κ2) is 4.72. The van der Waals surface area contributed by atoms with Crippen molar-refractivity contribution in [2.75, 3.05) is 6.56 Å². The standard InChI is InChI=1S/C10H10F2O3/c1-2-7-8(12)3-6(11)4-9(7)15-5-10(13)14/h3-4H,2,5H2,1H3,(H,13,14)/i1D3,2D2,5D2. The van der Waals surface area contributed by atoms with Crippen LogP contribution < -0.4 is 4.74 Å². The molecule has 0 aliphatic heterocycles. The van der Waals surface area contributed by atoms with Crippen LogP contribution in [0, 0.1) is 11.6 Å². The number of carboxylic acids is 1. The van der Waals surface area contributed by atoms with Gasteiger partial charge in [-0.15, -0.1) is 0 Å². The van der Waals surface area contributed by atoms with Crippen LogP contribution >= 0.6 is 0 Å². The first kappa shape index (κ1) is 4.92. The van der Waals surface area contributed by atoms with Crippen LogP contribution in [0.25, 0.3) is 0 Å². The number of hydrogen-bond acceptors (Lipinski definition) is 2. The van der Waals surface area contributed by atoms with E-state index in [1.165, 1.54) is 0 Å². The zero-order chi connectivity index (χ0) is 17.5. The summed E-state index contributed by atoms with van der Waals surface area (Å²) in [5.74, 6) is -6.29. The molecule has 0 spiro atoms. The summed E-state index contributed by atoms with van der Waals surface area (Å²) in [4.78, 5) is 10.7. The average Bonchev–Trinajstić information content (AvgIpc) is 2.24. The van der Waals surface area contributed by atoms with Crippen LogP contribution in [0.15, 0.2) is 12.1 Å². The molecule has 0 aliphatic carbocycles. The van der Waals surface area contributed by atoms with E-state index in [2.05, 4.69) is 4.74 Å². The Kier molecular flexibility index (Phi) is 1.55. The molecule has 0 bridgehead atoms. The third-order valence-electron chi connectivity index (χ3n) is 1.39. The molecule has 0 fully saturated rings. The van der Waals surface area contributed by atoms with Crippen LogP contribution in [-0.4, -0.2) is 17.6 Å². The number of ether oxygens (including phenoxy) is 1. The van der Waals surface area contributed by atoms with Crippen molar-refractivity contribution >= 4 is 5.97 Å². The zero-order valence-electron chi connectivity index (χ0n) is 14.2. The topological polar surface area (TPSA) is 46.5 Å². The van der Waals surface area contributed by atoms with E-state index >= 15 is 0 Å². The van der Waals surface area contributed by atoms with Crippen molar-refractivity contribution < 1.29 is 33.0 Å². The lowest BCUT2D eigenvalue weighted by molar-refractivity contribution is -0.139. The monoisotopic (exact) mass is 223 g/mol. The van der Waals surface area contributed by atoms with Crippen LogP contribution in [-0.2, 0) is 11.2 Å². The van der Waals surface area contributed by atoms with E-state index in [0.717, 1.165) is 0 Å². The summed E-state index contributed by atoms with van der Waals surface area (Å²) in [7, 11) is 0. The summed E-state index contributed by atoms with van der Waals surface area (Å²) in [5.41, 5.74) is -1.29. The van der Waals surface area contributed by atoms with Gasteiger partial charge in [0.25, 0.3) is 0 Å². The van der Waals surface area contributed by atoms with Gasteiger partial charge >= 0.3 is 5.97 Å². The van der Waals surface area contributed by atoms with Crippen molar-refractivity contribution in [2.24, 2.45) is 0 Å². The summed E-state index contributed by atoms with van der Waals surface area (Å²) >= 11 is 0. The molecule has 0 atom stereocenters. The van der Waals surface area contributed by atoms with E-state index in [4.69, 9.17) is 14.7 Å². The van der Waals surface area contributed by atoms with Gasteiger partial charge < -0.3 is 9.84 Å². The first-order chi connectivity index (χ1) is 9.70. The number of benzene rings is 1. The van der Waals surface area contributed by atoms with Crippen LogP contribution in [0.2, 0.25) is 0 Å². The molecular formula is C10H10F2O3. The predicted molar refractivity (Wildman–Crippen MR) is 48.9 cm³/mol. The van der Waals surface area contributed by atoms with Gasteiger partial charge in [0.1, 0.15) is 17.4 Å². The third-order valence-corrected chi connectivity index (χ3v) is 1.39. The Morgan fingerprint density at radius 2 is 2.40 bits per heavy atom. The normalized spacial score (nSPS) is 19.7. The molecular weight excluding hydrogens is 206 g/mol. The van der Waals surface area contributed by atoms with Gasteiger partial charge in [-0.2, -0.15) is 0 Å². The molecule has 0 heterocycles. The molecule has 0 saturated carbocycles. The first-order valence-corrected chi connectivity index (χ1v) is 3.62. The molecule has 1 aromatic rings. The van der Waals surface area contributed by atoms with Crippen molar-refractivity contribution in [2.45, 2.75) is 13.2 Å². The summed E-state index contributed by atoms with van der Waals surface area (Å²) in [6, 6.07) is 0.491. The Bertz CT molecular complexity index is 601. The average molecular weight is 223 g/mol. The Morgan fingerprint density at radius 3 is 3.00 bits per heavy atom. The van der Waals surface area contributed by atoms with Crippen LogP contribution in [0.3, 0.4) is 0 Å². The van der Waals surface area contributed by atoms with Gasteiger partial charge in [-0.3, -0.25) is 0 Å². The highest BCUT2D eigenvalue weighted by molar-refractivity contribution is 5.68. The molecule has 15 heavy (non-hydrogen) atoms. The minimum absolute atomic E-state index is 0.183. The van der Waals surface area contributed by atoms with E-state index < -0.39 is 48.7 Å². The number of aliphatic carboxylic acids is 1. The molecule has 1 N–H and O–H groups in total. The van der Waals surface area contributed by atoms with E-state index in [1.807, 2.05) is 0 Å². The lowest BCUT2D eigenvalue weighted by Gasteiger charge is -2.09. The fourth-order valence-corrected chi connectivity index (χ4v) is 0.850. The quantitative estimate of drug-likeness (QED) is 0.849. The Balaban J connectivity index is 3.56. The molecule has 0 amide bonds.